The van der Waals surface area contributed by atoms with Gasteiger partial charge in [-0.2, -0.15) is 0 Å². The van der Waals surface area contributed by atoms with Gasteiger partial charge in [-0.25, -0.2) is 4.79 Å². The lowest BCUT2D eigenvalue weighted by molar-refractivity contribution is 0.137. The Kier molecular flexibility index (Phi) is 6.35. The molecule has 0 heterocycles. The van der Waals surface area contributed by atoms with Gasteiger partial charge in [0.1, 0.15) is 0 Å². The lowest BCUT2D eigenvalue weighted by Crippen LogP contribution is -1.87. The van der Waals surface area contributed by atoms with Crippen LogP contribution in [-0.2, 0) is 0 Å². The summed E-state index contributed by atoms with van der Waals surface area (Å²) in [5.74, 6) is 0. The maximum absolute atomic E-state index is 8.56. The third-order valence-corrected chi connectivity index (χ3v) is 3.28. The van der Waals surface area contributed by atoms with Crippen LogP contribution in [0.5, 0.6) is 0 Å². The maximum atomic E-state index is 8.56. The Bertz CT molecular complexity index is 734. The van der Waals surface area contributed by atoms with Crippen molar-refractivity contribution in [1.82, 2.24) is 0 Å². The Morgan fingerprint density at radius 1 is 0.625 bits per heavy atom. The summed E-state index contributed by atoms with van der Waals surface area (Å²) in [5.41, 5.74) is 4.94. The zero-order valence-electron chi connectivity index (χ0n) is 13.0. The number of carboxylic acid groups (broad SMARTS) is 2. The van der Waals surface area contributed by atoms with E-state index in [1.807, 2.05) is 6.07 Å². The standard InChI is InChI=1S/C20H16.CH2O3/c1-4-10-17(11-5-1)16-20(18-12-6-2-7-13-18)19-14-8-3-9-15-19;2-1(3)4/h1-16H;(H2,2,3,4). The minimum Gasteiger partial charge on any atom is -0.450 e. The summed E-state index contributed by atoms with van der Waals surface area (Å²) in [6.45, 7) is 0. The van der Waals surface area contributed by atoms with Crippen LogP contribution in [0.25, 0.3) is 11.6 Å². The van der Waals surface area contributed by atoms with Crippen molar-refractivity contribution in [2.24, 2.45) is 0 Å². The normalized spacial score (nSPS) is 9.33. The van der Waals surface area contributed by atoms with Crippen LogP contribution in [0.2, 0.25) is 0 Å². The van der Waals surface area contributed by atoms with Gasteiger partial charge in [-0.05, 0) is 28.3 Å². The molecule has 3 rings (SSSR count). The molecule has 0 atom stereocenters. The zero-order valence-corrected chi connectivity index (χ0v) is 13.0. The second-order valence-corrected chi connectivity index (χ2v) is 4.98. The second kappa shape index (κ2) is 8.96. The fourth-order valence-electron chi connectivity index (χ4n) is 2.28. The van der Waals surface area contributed by atoms with Gasteiger partial charge in [0.2, 0.25) is 0 Å². The lowest BCUT2D eigenvalue weighted by Gasteiger charge is -2.08. The Morgan fingerprint density at radius 2 is 0.958 bits per heavy atom. The van der Waals surface area contributed by atoms with Gasteiger partial charge in [-0.1, -0.05) is 91.0 Å². The third-order valence-electron chi connectivity index (χ3n) is 3.28. The molecule has 2 N–H and O–H groups in total. The van der Waals surface area contributed by atoms with Crippen LogP contribution in [0.1, 0.15) is 16.7 Å². The summed E-state index contributed by atoms with van der Waals surface area (Å²) in [7, 11) is 0. The van der Waals surface area contributed by atoms with Crippen molar-refractivity contribution in [3.05, 3.63) is 108 Å². The predicted octanol–water partition coefficient (Wildman–Crippen LogP) is 5.50. The molecule has 3 aromatic rings. The molecule has 0 bridgehead atoms. The van der Waals surface area contributed by atoms with E-state index in [-0.39, 0.29) is 0 Å². The SMILES string of the molecule is C(=C(c1ccccc1)c1ccccc1)c1ccccc1.O=C(O)O. The summed E-state index contributed by atoms with van der Waals surface area (Å²) in [4.78, 5) is 8.56. The van der Waals surface area contributed by atoms with Crippen LogP contribution in [0.3, 0.4) is 0 Å². The average Bonchev–Trinajstić information content (AvgIpc) is 2.62. The number of hydrogen-bond acceptors (Lipinski definition) is 1. The summed E-state index contributed by atoms with van der Waals surface area (Å²) in [6.07, 6.45) is 0.407. The molecule has 0 aliphatic rings. The predicted molar refractivity (Wildman–Crippen MR) is 97.0 cm³/mol. The van der Waals surface area contributed by atoms with Crippen molar-refractivity contribution in [3.8, 4) is 0 Å². The quantitative estimate of drug-likeness (QED) is 0.627. The topological polar surface area (TPSA) is 57.5 Å². The molecule has 0 saturated carbocycles. The molecular weight excluding hydrogens is 300 g/mol. The van der Waals surface area contributed by atoms with E-state index in [0.29, 0.717) is 0 Å². The number of carbonyl (C=O) groups is 1. The highest BCUT2D eigenvalue weighted by atomic mass is 16.6. The van der Waals surface area contributed by atoms with Crippen LogP contribution in [0.15, 0.2) is 91.0 Å². The molecule has 120 valence electrons. The molecule has 0 radical (unpaired) electrons. The van der Waals surface area contributed by atoms with E-state index in [2.05, 4.69) is 91.0 Å². The summed E-state index contributed by atoms with van der Waals surface area (Å²) >= 11 is 0. The Hall–Kier alpha value is -3.33. The van der Waals surface area contributed by atoms with Gasteiger partial charge in [-0.3, -0.25) is 0 Å². The summed E-state index contributed by atoms with van der Waals surface area (Å²) in [6, 6.07) is 31.5. The monoisotopic (exact) mass is 318 g/mol. The molecule has 0 saturated heterocycles. The Morgan fingerprint density at radius 3 is 1.33 bits per heavy atom. The van der Waals surface area contributed by atoms with Crippen molar-refractivity contribution in [2.75, 3.05) is 0 Å². The van der Waals surface area contributed by atoms with Gasteiger partial charge in [-0.15, -0.1) is 0 Å². The summed E-state index contributed by atoms with van der Waals surface area (Å²) in [5, 5.41) is 13.9. The zero-order chi connectivity index (χ0) is 17.2. The van der Waals surface area contributed by atoms with Crippen molar-refractivity contribution in [3.63, 3.8) is 0 Å². The molecule has 0 unspecified atom stereocenters. The molecule has 0 fully saturated rings. The fourth-order valence-corrected chi connectivity index (χ4v) is 2.28. The fraction of sp³-hybridized carbons (Fsp3) is 0. The lowest BCUT2D eigenvalue weighted by atomic mass is 9.96. The number of hydrogen-bond donors (Lipinski definition) is 2. The highest BCUT2D eigenvalue weighted by molar-refractivity contribution is 5.91. The van der Waals surface area contributed by atoms with E-state index in [4.69, 9.17) is 15.0 Å². The highest BCUT2D eigenvalue weighted by Gasteiger charge is 2.04. The molecule has 3 heteroatoms. The smallest absolute Gasteiger partial charge is 0.450 e. The first-order valence-corrected chi connectivity index (χ1v) is 7.46. The van der Waals surface area contributed by atoms with E-state index >= 15 is 0 Å². The van der Waals surface area contributed by atoms with Crippen molar-refractivity contribution in [2.45, 2.75) is 0 Å². The molecule has 3 aromatic carbocycles. The molecule has 24 heavy (non-hydrogen) atoms. The molecule has 0 spiro atoms. The summed E-state index contributed by atoms with van der Waals surface area (Å²) < 4.78 is 0. The van der Waals surface area contributed by atoms with Gasteiger partial charge in [0.25, 0.3) is 0 Å². The minimum absolute atomic E-state index is 1.22. The van der Waals surface area contributed by atoms with Crippen molar-refractivity contribution in [1.29, 1.82) is 0 Å². The van der Waals surface area contributed by atoms with Crippen LogP contribution >= 0.6 is 0 Å². The Labute approximate surface area is 141 Å². The van der Waals surface area contributed by atoms with E-state index in [1.165, 1.54) is 22.3 Å². The van der Waals surface area contributed by atoms with Crippen molar-refractivity contribution >= 4 is 17.8 Å². The van der Waals surface area contributed by atoms with Gasteiger partial charge in [0.15, 0.2) is 0 Å². The first-order chi connectivity index (χ1) is 11.7. The first-order valence-electron chi connectivity index (χ1n) is 7.46. The molecule has 3 nitrogen and oxygen atoms in total. The molecule has 0 amide bonds. The molecule has 0 aliphatic heterocycles. The highest BCUT2D eigenvalue weighted by Crippen LogP contribution is 2.25. The van der Waals surface area contributed by atoms with Gasteiger partial charge in [0, 0.05) is 0 Å². The van der Waals surface area contributed by atoms with E-state index in [1.54, 1.807) is 0 Å². The molecule has 0 aromatic heterocycles. The van der Waals surface area contributed by atoms with E-state index in [9.17, 15) is 0 Å². The molecular formula is C21H18O3. The number of benzene rings is 3. The van der Waals surface area contributed by atoms with Crippen LogP contribution < -0.4 is 0 Å². The number of rotatable bonds is 3. The first kappa shape index (κ1) is 17.0. The van der Waals surface area contributed by atoms with Crippen LogP contribution in [-0.4, -0.2) is 16.4 Å². The van der Waals surface area contributed by atoms with E-state index in [0.717, 1.165) is 0 Å². The average molecular weight is 318 g/mol. The van der Waals surface area contributed by atoms with Crippen LogP contribution in [0.4, 0.5) is 4.79 Å². The maximum Gasteiger partial charge on any atom is 0.503 e. The van der Waals surface area contributed by atoms with Gasteiger partial charge < -0.3 is 10.2 Å². The minimum atomic E-state index is -1.83. The third kappa shape index (κ3) is 5.46. The van der Waals surface area contributed by atoms with Gasteiger partial charge in [0.05, 0.1) is 0 Å². The van der Waals surface area contributed by atoms with Crippen molar-refractivity contribution < 1.29 is 15.0 Å². The largest absolute Gasteiger partial charge is 0.503 e. The molecule has 0 aliphatic carbocycles. The second-order valence-electron chi connectivity index (χ2n) is 4.98. The van der Waals surface area contributed by atoms with E-state index < -0.39 is 6.16 Å². The Balaban J connectivity index is 0.000000471. The van der Waals surface area contributed by atoms with Crippen LogP contribution in [0, 0.1) is 0 Å². The van der Waals surface area contributed by atoms with Gasteiger partial charge >= 0.3 is 6.16 Å².